The number of nitrogens with one attached hydrogen (secondary N) is 4. The van der Waals surface area contributed by atoms with Crippen molar-refractivity contribution < 1.29 is 4.79 Å². The summed E-state index contributed by atoms with van der Waals surface area (Å²) in [6, 6.07) is 5.00. The highest BCUT2D eigenvalue weighted by Crippen LogP contribution is 2.52. The van der Waals surface area contributed by atoms with Crippen LogP contribution >= 0.6 is 15.9 Å². The van der Waals surface area contributed by atoms with E-state index in [4.69, 9.17) is 0 Å². The molecule has 0 saturated heterocycles. The molecule has 2 aliphatic rings. The average molecular weight is 473 g/mol. The van der Waals surface area contributed by atoms with Gasteiger partial charge in [-0.3, -0.25) is 33.5 Å². The van der Waals surface area contributed by atoms with Crippen molar-refractivity contribution in [3.63, 3.8) is 0 Å². The first-order valence-corrected chi connectivity index (χ1v) is 9.53. The molecule has 5 rings (SSSR count). The number of benzene rings is 1. The maximum atomic E-state index is 13.5. The molecule has 2 aliphatic heterocycles. The molecule has 0 aliphatic carbocycles. The predicted molar refractivity (Wildman–Crippen MR) is 111 cm³/mol. The smallest absolute Gasteiger partial charge is 0.329 e. The molecule has 152 valence electrons. The number of aromatic amines is 2. The van der Waals surface area contributed by atoms with Gasteiger partial charge >= 0.3 is 11.4 Å². The standard InChI is InChI=1S/C18H13BrN6O5/c1-24-11-9(13(26)22-16(24)29)18(7-5-6(19)3-4-8(7)20-11)10-12(21-15(18)28)25(2)17(30)23-14(10)27/h3-5,20H,1-2H3,(H,21,28)(H,22,26,29)(H,23,27,30). The van der Waals surface area contributed by atoms with Crippen LogP contribution in [0.2, 0.25) is 0 Å². The van der Waals surface area contributed by atoms with Crippen molar-refractivity contribution in [2.45, 2.75) is 5.41 Å². The summed E-state index contributed by atoms with van der Waals surface area (Å²) in [6.07, 6.45) is 0. The summed E-state index contributed by atoms with van der Waals surface area (Å²) in [7, 11) is 2.82. The van der Waals surface area contributed by atoms with Crippen LogP contribution in [0.25, 0.3) is 0 Å². The Balaban J connectivity index is 2.09. The van der Waals surface area contributed by atoms with Crippen molar-refractivity contribution in [1.82, 2.24) is 19.1 Å². The highest BCUT2D eigenvalue weighted by molar-refractivity contribution is 9.10. The number of hydrogen-bond acceptors (Lipinski definition) is 6. The zero-order valence-electron chi connectivity index (χ0n) is 15.5. The van der Waals surface area contributed by atoms with Crippen molar-refractivity contribution in [3.05, 3.63) is 81.0 Å². The van der Waals surface area contributed by atoms with Crippen molar-refractivity contribution in [2.24, 2.45) is 14.1 Å². The number of amides is 1. The number of anilines is 3. The van der Waals surface area contributed by atoms with E-state index in [0.29, 0.717) is 15.7 Å². The molecule has 0 fully saturated rings. The zero-order valence-corrected chi connectivity index (χ0v) is 17.1. The van der Waals surface area contributed by atoms with Crippen LogP contribution in [0, 0.1) is 0 Å². The summed E-state index contributed by atoms with van der Waals surface area (Å²) in [6.45, 7) is 0. The summed E-state index contributed by atoms with van der Waals surface area (Å²) in [4.78, 5) is 68.3. The molecular weight excluding hydrogens is 460 g/mol. The van der Waals surface area contributed by atoms with Gasteiger partial charge in [-0.05, 0) is 18.2 Å². The van der Waals surface area contributed by atoms with Gasteiger partial charge in [0.2, 0.25) is 5.91 Å². The van der Waals surface area contributed by atoms with Crippen LogP contribution < -0.4 is 33.1 Å². The third kappa shape index (κ3) is 2.00. The molecule has 0 radical (unpaired) electrons. The number of carbonyl (C=O) groups excluding carboxylic acids is 1. The molecule has 1 spiro atoms. The number of aromatic nitrogens is 4. The molecule has 11 nitrogen and oxygen atoms in total. The molecule has 1 aromatic carbocycles. The molecule has 0 saturated carbocycles. The highest BCUT2D eigenvalue weighted by atomic mass is 79.9. The van der Waals surface area contributed by atoms with Crippen LogP contribution in [-0.2, 0) is 24.3 Å². The fourth-order valence-electron chi connectivity index (χ4n) is 4.24. The van der Waals surface area contributed by atoms with E-state index in [9.17, 15) is 24.0 Å². The minimum Gasteiger partial charge on any atom is -0.341 e. The van der Waals surface area contributed by atoms with Crippen molar-refractivity contribution >= 4 is 39.2 Å². The molecule has 12 heteroatoms. The Kier molecular flexibility index (Phi) is 3.48. The average Bonchev–Trinajstić information content (AvgIpc) is 2.99. The van der Waals surface area contributed by atoms with Gasteiger partial charge in [-0.2, -0.15) is 0 Å². The lowest BCUT2D eigenvalue weighted by Crippen LogP contribution is -2.50. The Labute approximate surface area is 174 Å². The number of nitrogens with zero attached hydrogens (tertiary/aromatic N) is 2. The van der Waals surface area contributed by atoms with Gasteiger partial charge in [0.25, 0.3) is 11.1 Å². The summed E-state index contributed by atoms with van der Waals surface area (Å²) in [5, 5.41) is 5.62. The molecule has 4 N–H and O–H groups in total. The molecule has 4 heterocycles. The SMILES string of the molecule is Cn1c2c(c(=O)[nH]c1=O)C1(C(=O)N2)c2cc(Br)ccc2Nc2c1c(=O)[nH]c(=O)n2C. The lowest BCUT2D eigenvalue weighted by molar-refractivity contribution is -0.118. The maximum absolute atomic E-state index is 13.5. The van der Waals surface area contributed by atoms with Gasteiger partial charge in [0, 0.05) is 29.8 Å². The van der Waals surface area contributed by atoms with Gasteiger partial charge in [0.15, 0.2) is 0 Å². The van der Waals surface area contributed by atoms with E-state index < -0.39 is 33.8 Å². The zero-order chi connectivity index (χ0) is 21.5. The topological polar surface area (TPSA) is 151 Å². The third-order valence-electron chi connectivity index (χ3n) is 5.61. The minimum absolute atomic E-state index is 0.0132. The van der Waals surface area contributed by atoms with E-state index in [2.05, 4.69) is 36.5 Å². The first kappa shape index (κ1) is 18.4. The Bertz CT molecular complexity index is 1540. The van der Waals surface area contributed by atoms with E-state index >= 15 is 0 Å². The first-order valence-electron chi connectivity index (χ1n) is 8.74. The molecule has 1 atom stereocenters. The minimum atomic E-state index is -1.88. The summed E-state index contributed by atoms with van der Waals surface area (Å²) < 4.78 is 2.86. The lowest BCUT2D eigenvalue weighted by Gasteiger charge is -2.35. The lowest BCUT2D eigenvalue weighted by atomic mass is 9.69. The summed E-state index contributed by atoms with van der Waals surface area (Å²) >= 11 is 3.37. The highest BCUT2D eigenvalue weighted by Gasteiger charge is 2.58. The maximum Gasteiger partial charge on any atom is 0.329 e. The van der Waals surface area contributed by atoms with Crippen molar-refractivity contribution in [3.8, 4) is 0 Å². The van der Waals surface area contributed by atoms with Gasteiger partial charge in [0.1, 0.15) is 17.1 Å². The fraction of sp³-hybridized carbons (Fsp3) is 0.167. The molecule has 3 aromatic rings. The third-order valence-corrected chi connectivity index (χ3v) is 6.10. The number of carbonyl (C=O) groups is 1. The number of rotatable bonds is 0. The van der Waals surface area contributed by atoms with Gasteiger partial charge in [-0.15, -0.1) is 0 Å². The normalized spacial score (nSPS) is 18.4. The van der Waals surface area contributed by atoms with E-state index in [1.54, 1.807) is 18.2 Å². The first-order chi connectivity index (χ1) is 14.2. The van der Waals surface area contributed by atoms with Crippen LogP contribution in [0.4, 0.5) is 17.3 Å². The van der Waals surface area contributed by atoms with Crippen LogP contribution in [-0.4, -0.2) is 25.0 Å². The van der Waals surface area contributed by atoms with Crippen LogP contribution in [0.5, 0.6) is 0 Å². The fourth-order valence-corrected chi connectivity index (χ4v) is 4.60. The predicted octanol–water partition coefficient (Wildman–Crippen LogP) is -0.433. The van der Waals surface area contributed by atoms with E-state index in [1.807, 2.05) is 0 Å². The van der Waals surface area contributed by atoms with Gasteiger partial charge in [-0.25, -0.2) is 9.59 Å². The van der Waals surface area contributed by atoms with E-state index in [-0.39, 0.29) is 22.8 Å². The number of hydrogen-bond donors (Lipinski definition) is 4. The number of fused-ring (bicyclic) bond motifs is 6. The Hall–Kier alpha value is -3.67. The summed E-state index contributed by atoms with van der Waals surface area (Å²) in [5.41, 5.74) is -4.36. The monoisotopic (exact) mass is 472 g/mol. The van der Waals surface area contributed by atoms with Crippen LogP contribution in [0.1, 0.15) is 16.7 Å². The van der Waals surface area contributed by atoms with Gasteiger partial charge in [-0.1, -0.05) is 15.9 Å². The number of halogens is 1. The van der Waals surface area contributed by atoms with Crippen molar-refractivity contribution in [2.75, 3.05) is 10.6 Å². The quantitative estimate of drug-likeness (QED) is 0.348. The second kappa shape index (κ2) is 5.69. The molecule has 30 heavy (non-hydrogen) atoms. The molecule has 1 unspecified atom stereocenters. The molecule has 2 aromatic heterocycles. The Morgan fingerprint density at radius 2 is 1.37 bits per heavy atom. The van der Waals surface area contributed by atoms with Gasteiger partial charge in [0.05, 0.1) is 11.1 Å². The largest absolute Gasteiger partial charge is 0.341 e. The number of H-pyrrole nitrogens is 2. The Morgan fingerprint density at radius 1 is 0.833 bits per heavy atom. The van der Waals surface area contributed by atoms with Crippen LogP contribution in [0.3, 0.4) is 0 Å². The summed E-state index contributed by atoms with van der Waals surface area (Å²) in [5.74, 6) is -0.619. The van der Waals surface area contributed by atoms with Gasteiger partial charge < -0.3 is 10.6 Å². The van der Waals surface area contributed by atoms with Crippen LogP contribution in [0.15, 0.2) is 41.8 Å². The molecular formula is C18H13BrN6O5. The second-order valence-electron chi connectivity index (χ2n) is 7.10. The molecule has 1 amide bonds. The van der Waals surface area contributed by atoms with Crippen molar-refractivity contribution in [1.29, 1.82) is 0 Å². The molecule has 0 bridgehead atoms. The van der Waals surface area contributed by atoms with E-state index in [1.165, 1.54) is 14.1 Å². The second-order valence-corrected chi connectivity index (χ2v) is 8.02. The van der Waals surface area contributed by atoms with E-state index in [0.717, 1.165) is 9.13 Å². The Morgan fingerprint density at radius 3 is 1.93 bits per heavy atom.